The summed E-state index contributed by atoms with van der Waals surface area (Å²) in [5, 5.41) is 27.3. The number of quaternary nitrogens is 2. The fraction of sp³-hybridized carbons (Fsp3) is 0.462. The average Bonchev–Trinajstić information content (AvgIpc) is 2.82. The molecular formula is C26H38N6O6+2. The Balaban J connectivity index is 1.63. The van der Waals surface area contributed by atoms with E-state index in [4.69, 9.17) is 0 Å². The van der Waals surface area contributed by atoms with Gasteiger partial charge in [0.15, 0.2) is 0 Å². The predicted octanol–water partition coefficient (Wildman–Crippen LogP) is 2.37. The Morgan fingerprint density at radius 1 is 0.658 bits per heavy atom. The standard InChI is InChI=1S/C26H36N6O6/c1-31(2,19-21-5-9-23(10-6-21)29(35)36)17-15-27-25(33)13-14-26(34)28-16-18-32(3,4)20-22-7-11-24(12-8-22)30(37)38/h5-12H,13-20H2,1-4H3/p+2. The van der Waals surface area contributed by atoms with Crippen LogP contribution in [-0.4, -0.2) is 85.0 Å². The van der Waals surface area contributed by atoms with Gasteiger partial charge in [-0.3, -0.25) is 29.8 Å². The summed E-state index contributed by atoms with van der Waals surface area (Å²) in [5.74, 6) is -0.380. The summed E-state index contributed by atoms with van der Waals surface area (Å²) in [6.45, 7) is 3.56. The summed E-state index contributed by atoms with van der Waals surface area (Å²) in [7, 11) is 8.07. The smallest absolute Gasteiger partial charge is 0.269 e. The lowest BCUT2D eigenvalue weighted by Crippen LogP contribution is -2.45. The van der Waals surface area contributed by atoms with Crippen molar-refractivity contribution < 1.29 is 28.4 Å². The number of likely N-dealkylation sites (N-methyl/N-ethyl adjacent to an activating group) is 2. The Labute approximate surface area is 222 Å². The molecule has 2 aromatic carbocycles. The Bertz CT molecular complexity index is 1030. The number of nitro benzene ring substituents is 2. The highest BCUT2D eigenvalue weighted by atomic mass is 16.6. The lowest BCUT2D eigenvalue weighted by atomic mass is 10.2. The number of nitrogens with zero attached hydrogens (tertiary/aromatic N) is 4. The highest BCUT2D eigenvalue weighted by molar-refractivity contribution is 5.83. The fourth-order valence-corrected chi connectivity index (χ4v) is 3.99. The van der Waals surface area contributed by atoms with Crippen molar-refractivity contribution >= 4 is 23.2 Å². The summed E-state index contributed by atoms with van der Waals surface area (Å²) in [5.41, 5.74) is 2.05. The molecule has 2 aromatic rings. The largest absolute Gasteiger partial charge is 0.350 e. The third-order valence-electron chi connectivity index (χ3n) is 6.17. The number of nitrogens with one attached hydrogen (secondary N) is 2. The van der Waals surface area contributed by atoms with Crippen LogP contribution in [0.15, 0.2) is 48.5 Å². The second kappa shape index (κ2) is 13.6. The molecule has 2 amide bonds. The molecule has 2 rings (SSSR count). The normalized spacial score (nSPS) is 11.6. The Kier molecular flexibility index (Phi) is 10.8. The molecule has 38 heavy (non-hydrogen) atoms. The lowest BCUT2D eigenvalue weighted by Gasteiger charge is -2.30. The molecule has 0 spiro atoms. The van der Waals surface area contributed by atoms with Crippen LogP contribution >= 0.6 is 0 Å². The van der Waals surface area contributed by atoms with E-state index in [0.717, 1.165) is 11.1 Å². The first-order valence-electron chi connectivity index (χ1n) is 12.4. The van der Waals surface area contributed by atoms with Crippen molar-refractivity contribution in [3.05, 3.63) is 79.9 Å². The monoisotopic (exact) mass is 530 g/mol. The lowest BCUT2D eigenvalue weighted by molar-refractivity contribution is -0.902. The molecule has 0 aliphatic heterocycles. The minimum absolute atomic E-state index is 0.0559. The zero-order chi connectivity index (χ0) is 28.3. The maximum absolute atomic E-state index is 12.2. The third kappa shape index (κ3) is 11.0. The van der Waals surface area contributed by atoms with Crippen LogP contribution in [0.3, 0.4) is 0 Å². The first-order chi connectivity index (χ1) is 17.8. The van der Waals surface area contributed by atoms with Gasteiger partial charge in [0.05, 0.1) is 64.2 Å². The number of hydrogen-bond acceptors (Lipinski definition) is 6. The Morgan fingerprint density at radius 2 is 0.974 bits per heavy atom. The molecule has 0 unspecified atom stereocenters. The molecule has 0 fully saturated rings. The number of amides is 2. The number of rotatable bonds is 15. The predicted molar refractivity (Wildman–Crippen MR) is 143 cm³/mol. The first-order valence-corrected chi connectivity index (χ1v) is 12.4. The third-order valence-corrected chi connectivity index (χ3v) is 6.17. The second-order valence-electron chi connectivity index (χ2n) is 10.7. The van der Waals surface area contributed by atoms with Crippen LogP contribution in [0, 0.1) is 20.2 Å². The van der Waals surface area contributed by atoms with Crippen molar-refractivity contribution in [2.75, 3.05) is 54.4 Å². The summed E-state index contributed by atoms with van der Waals surface area (Å²) >= 11 is 0. The van der Waals surface area contributed by atoms with Crippen molar-refractivity contribution in [2.24, 2.45) is 0 Å². The molecule has 0 aromatic heterocycles. The van der Waals surface area contributed by atoms with Gasteiger partial charge in [-0.05, 0) is 24.3 Å². The van der Waals surface area contributed by atoms with E-state index in [9.17, 15) is 29.8 Å². The van der Waals surface area contributed by atoms with Crippen molar-refractivity contribution in [1.29, 1.82) is 0 Å². The number of non-ortho nitro benzene ring substituents is 2. The van der Waals surface area contributed by atoms with Crippen LogP contribution in [0.5, 0.6) is 0 Å². The van der Waals surface area contributed by atoms with E-state index < -0.39 is 9.85 Å². The van der Waals surface area contributed by atoms with Gasteiger partial charge in [-0.1, -0.05) is 0 Å². The van der Waals surface area contributed by atoms with E-state index >= 15 is 0 Å². The van der Waals surface area contributed by atoms with Crippen LogP contribution in [0.1, 0.15) is 24.0 Å². The SMILES string of the molecule is C[N+](C)(CCNC(=O)CCC(=O)NCC[N+](C)(C)Cc1ccc([N+](=O)[O-])cc1)Cc1ccc([N+](=O)[O-])cc1. The van der Waals surface area contributed by atoms with E-state index in [1.54, 1.807) is 24.3 Å². The number of hydrogen-bond donors (Lipinski definition) is 2. The van der Waals surface area contributed by atoms with E-state index in [2.05, 4.69) is 10.6 Å². The zero-order valence-corrected chi connectivity index (χ0v) is 22.5. The molecule has 0 bridgehead atoms. The molecule has 12 nitrogen and oxygen atoms in total. The van der Waals surface area contributed by atoms with E-state index in [1.807, 2.05) is 28.2 Å². The van der Waals surface area contributed by atoms with E-state index in [0.29, 0.717) is 48.2 Å². The minimum atomic E-state index is -0.426. The van der Waals surface area contributed by atoms with Gasteiger partial charge in [0.2, 0.25) is 11.8 Å². The number of nitro groups is 2. The van der Waals surface area contributed by atoms with Crippen LogP contribution in [0.4, 0.5) is 11.4 Å². The van der Waals surface area contributed by atoms with Crippen molar-refractivity contribution in [1.82, 2.24) is 10.6 Å². The molecule has 206 valence electrons. The van der Waals surface area contributed by atoms with Gasteiger partial charge in [0.1, 0.15) is 13.1 Å². The van der Waals surface area contributed by atoms with Gasteiger partial charge in [-0.2, -0.15) is 0 Å². The minimum Gasteiger partial charge on any atom is -0.350 e. The number of benzene rings is 2. The summed E-state index contributed by atoms with van der Waals surface area (Å²) in [6.07, 6.45) is 0.200. The highest BCUT2D eigenvalue weighted by Crippen LogP contribution is 2.16. The summed E-state index contributed by atoms with van der Waals surface area (Å²) in [4.78, 5) is 45.1. The quantitative estimate of drug-likeness (QED) is 0.205. The topological polar surface area (TPSA) is 144 Å². The van der Waals surface area contributed by atoms with Gasteiger partial charge >= 0.3 is 0 Å². The van der Waals surface area contributed by atoms with Gasteiger partial charge < -0.3 is 19.6 Å². The maximum Gasteiger partial charge on any atom is 0.269 e. The van der Waals surface area contributed by atoms with Crippen molar-refractivity contribution in [2.45, 2.75) is 25.9 Å². The summed E-state index contributed by atoms with van der Waals surface area (Å²) in [6, 6.07) is 12.9. The van der Waals surface area contributed by atoms with Crippen molar-refractivity contribution in [3.8, 4) is 0 Å². The average molecular weight is 531 g/mol. The van der Waals surface area contributed by atoms with E-state index in [-0.39, 0.29) is 36.0 Å². The van der Waals surface area contributed by atoms with Gasteiger partial charge in [-0.25, -0.2) is 0 Å². The molecular weight excluding hydrogens is 492 g/mol. The van der Waals surface area contributed by atoms with Gasteiger partial charge in [0, 0.05) is 48.2 Å². The molecule has 0 heterocycles. The Morgan fingerprint density at radius 3 is 1.26 bits per heavy atom. The fourth-order valence-electron chi connectivity index (χ4n) is 3.99. The molecule has 2 N–H and O–H groups in total. The van der Waals surface area contributed by atoms with Gasteiger partial charge in [0.25, 0.3) is 11.4 Å². The molecule has 0 saturated heterocycles. The maximum atomic E-state index is 12.2. The number of carbonyl (C=O) groups is 2. The molecule has 12 heteroatoms. The summed E-state index contributed by atoms with van der Waals surface area (Å²) < 4.78 is 1.18. The molecule has 0 radical (unpaired) electrons. The zero-order valence-electron chi connectivity index (χ0n) is 22.5. The van der Waals surface area contributed by atoms with E-state index in [1.165, 1.54) is 24.3 Å². The first kappa shape index (κ1) is 30.3. The molecule has 0 aliphatic rings. The number of carbonyl (C=O) groups excluding carboxylic acids is 2. The van der Waals surface area contributed by atoms with Crippen LogP contribution in [-0.2, 0) is 22.7 Å². The van der Waals surface area contributed by atoms with Crippen LogP contribution in [0.25, 0.3) is 0 Å². The van der Waals surface area contributed by atoms with Crippen LogP contribution in [0.2, 0.25) is 0 Å². The molecule has 0 saturated carbocycles. The molecule has 0 atom stereocenters. The molecule has 0 aliphatic carbocycles. The highest BCUT2D eigenvalue weighted by Gasteiger charge is 2.19. The second-order valence-corrected chi connectivity index (χ2v) is 10.7. The van der Waals surface area contributed by atoms with Crippen molar-refractivity contribution in [3.63, 3.8) is 0 Å². The Hall–Kier alpha value is -3.90. The van der Waals surface area contributed by atoms with Gasteiger partial charge in [-0.15, -0.1) is 0 Å². The van der Waals surface area contributed by atoms with Crippen LogP contribution < -0.4 is 10.6 Å².